The van der Waals surface area contributed by atoms with Crippen LogP contribution in [-0.4, -0.2) is 28.0 Å². The van der Waals surface area contributed by atoms with Crippen molar-refractivity contribution in [1.82, 2.24) is 9.99 Å². The fraction of sp³-hybridized carbons (Fsp3) is 0.438. The molecule has 21 heavy (non-hydrogen) atoms. The minimum Gasteiger partial charge on any atom is -0.360 e. The van der Waals surface area contributed by atoms with Crippen molar-refractivity contribution in [2.45, 2.75) is 6.42 Å². The third kappa shape index (κ3) is 1.38. The average molecular weight is 281 g/mol. The van der Waals surface area contributed by atoms with Gasteiger partial charge in [0, 0.05) is 6.20 Å². The first-order chi connectivity index (χ1) is 10.3. The molecule has 0 unspecified atom stereocenters. The normalized spacial score (nSPS) is 42.8. The number of rotatable bonds is 2. The van der Waals surface area contributed by atoms with Crippen molar-refractivity contribution in [3.8, 4) is 0 Å². The van der Waals surface area contributed by atoms with Crippen LogP contribution in [-0.2, 0) is 9.59 Å². The molecule has 3 fully saturated rings. The number of carbonyl (C=O) groups excluding carboxylic acids is 2. The molecule has 1 aromatic rings. The zero-order valence-electron chi connectivity index (χ0n) is 11.3. The van der Waals surface area contributed by atoms with Gasteiger partial charge in [-0.1, -0.05) is 12.2 Å². The molecular weight excluding hydrogens is 266 g/mol. The molecule has 106 valence electrons. The average Bonchev–Trinajstić information content (AvgIpc) is 3.10. The second-order valence-corrected chi connectivity index (χ2v) is 6.51. The maximum Gasteiger partial charge on any atom is 0.254 e. The standard InChI is InChI=1S/C16H15N3O2/c20-15-13-9-3-4-10(12-6-11(9)12)14(13)16(21)19(15)18-7-8-2-1-5-17-8/h1-5,7,9-14,17H,6H2/b18-7-/t9-,10-,11-,12-,13+,14+/m0/s1. The van der Waals surface area contributed by atoms with Crippen molar-refractivity contribution in [2.75, 3.05) is 0 Å². The zero-order valence-corrected chi connectivity index (χ0v) is 11.3. The Kier molecular flexibility index (Phi) is 2.04. The van der Waals surface area contributed by atoms with E-state index in [9.17, 15) is 9.59 Å². The van der Waals surface area contributed by atoms with E-state index < -0.39 is 0 Å². The van der Waals surface area contributed by atoms with Gasteiger partial charge >= 0.3 is 0 Å². The first-order valence-corrected chi connectivity index (χ1v) is 7.49. The lowest BCUT2D eigenvalue weighted by Crippen LogP contribution is -2.40. The maximum atomic E-state index is 12.6. The molecule has 2 amide bonds. The van der Waals surface area contributed by atoms with Crippen molar-refractivity contribution < 1.29 is 9.59 Å². The summed E-state index contributed by atoms with van der Waals surface area (Å²) in [5, 5.41) is 5.24. The molecule has 5 nitrogen and oxygen atoms in total. The topological polar surface area (TPSA) is 65.5 Å². The van der Waals surface area contributed by atoms with Gasteiger partial charge in [0.05, 0.1) is 23.7 Å². The Morgan fingerprint density at radius 3 is 2.38 bits per heavy atom. The first kappa shape index (κ1) is 11.5. The Hall–Kier alpha value is -2.17. The van der Waals surface area contributed by atoms with Crippen LogP contribution < -0.4 is 0 Å². The summed E-state index contributed by atoms with van der Waals surface area (Å²) in [5.74, 6) is 1.21. The Bertz CT molecular complexity index is 654. The van der Waals surface area contributed by atoms with Gasteiger partial charge < -0.3 is 4.98 Å². The van der Waals surface area contributed by atoms with Crippen molar-refractivity contribution >= 4 is 18.0 Å². The summed E-state index contributed by atoms with van der Waals surface area (Å²) in [5.41, 5.74) is 0.786. The van der Waals surface area contributed by atoms with Crippen LogP contribution in [0.1, 0.15) is 12.1 Å². The number of nitrogens with one attached hydrogen (secondary N) is 1. The number of nitrogens with zero attached hydrogens (tertiary/aromatic N) is 2. The molecule has 0 aromatic carbocycles. The van der Waals surface area contributed by atoms with Crippen LogP contribution >= 0.6 is 0 Å². The van der Waals surface area contributed by atoms with Gasteiger partial charge in [-0.15, -0.1) is 0 Å². The highest BCUT2D eigenvalue weighted by Crippen LogP contribution is 2.65. The van der Waals surface area contributed by atoms with Gasteiger partial charge in [0.25, 0.3) is 11.8 Å². The molecular formula is C16H15N3O2. The summed E-state index contributed by atoms with van der Waals surface area (Å²) in [6.45, 7) is 0. The predicted molar refractivity (Wildman–Crippen MR) is 74.9 cm³/mol. The number of imide groups is 1. The quantitative estimate of drug-likeness (QED) is 0.506. The van der Waals surface area contributed by atoms with Crippen LogP contribution in [0, 0.1) is 35.5 Å². The second-order valence-electron chi connectivity index (χ2n) is 6.51. The molecule has 1 aromatic heterocycles. The van der Waals surface area contributed by atoms with Crippen molar-refractivity contribution in [2.24, 2.45) is 40.6 Å². The second kappa shape index (κ2) is 3.72. The number of aromatic amines is 1. The van der Waals surface area contributed by atoms with E-state index in [1.54, 1.807) is 12.4 Å². The lowest BCUT2D eigenvalue weighted by atomic mass is 9.63. The Morgan fingerprint density at radius 2 is 1.81 bits per heavy atom. The maximum absolute atomic E-state index is 12.6. The van der Waals surface area contributed by atoms with E-state index >= 15 is 0 Å². The highest BCUT2D eigenvalue weighted by atomic mass is 16.2. The number of hydrogen-bond acceptors (Lipinski definition) is 3. The minimum atomic E-state index is -0.169. The van der Waals surface area contributed by atoms with Crippen molar-refractivity contribution in [1.29, 1.82) is 0 Å². The molecule has 4 aliphatic carbocycles. The summed E-state index contributed by atoms with van der Waals surface area (Å²) in [6.07, 6.45) is 8.85. The highest BCUT2D eigenvalue weighted by molar-refractivity contribution is 6.06. The van der Waals surface area contributed by atoms with Gasteiger partial charge in [-0.3, -0.25) is 9.59 Å². The van der Waals surface area contributed by atoms with E-state index in [0.29, 0.717) is 11.8 Å². The van der Waals surface area contributed by atoms with Crippen molar-refractivity contribution in [3.05, 3.63) is 36.2 Å². The summed E-state index contributed by atoms with van der Waals surface area (Å²) in [7, 11) is 0. The van der Waals surface area contributed by atoms with E-state index in [-0.39, 0.29) is 35.5 Å². The Labute approximate surface area is 121 Å². The lowest BCUT2D eigenvalue weighted by molar-refractivity contribution is -0.140. The molecule has 0 radical (unpaired) electrons. The number of amides is 2. The monoisotopic (exact) mass is 281 g/mol. The third-order valence-corrected chi connectivity index (χ3v) is 5.57. The molecule has 0 spiro atoms. The summed E-state index contributed by atoms with van der Waals surface area (Å²) < 4.78 is 0. The highest BCUT2D eigenvalue weighted by Gasteiger charge is 2.67. The van der Waals surface area contributed by atoms with Gasteiger partial charge in [0.1, 0.15) is 0 Å². The SMILES string of the molecule is O=C1[C@@H]2[C@H]3C=C[C@@H]([C@@H]4C[C@@H]34)[C@H]2C(=O)N1/N=C\c1ccc[nH]1. The predicted octanol–water partition coefficient (Wildman–Crippen LogP) is 1.40. The molecule has 1 N–H and O–H groups in total. The number of hydrazone groups is 1. The van der Waals surface area contributed by atoms with Crippen LogP contribution in [0.5, 0.6) is 0 Å². The summed E-state index contributed by atoms with van der Waals surface area (Å²) >= 11 is 0. The van der Waals surface area contributed by atoms with Crippen LogP contribution in [0.4, 0.5) is 0 Å². The fourth-order valence-corrected chi connectivity index (χ4v) is 4.60. The summed E-state index contributed by atoms with van der Waals surface area (Å²) in [6, 6.07) is 3.70. The number of H-pyrrole nitrogens is 1. The number of aromatic nitrogens is 1. The van der Waals surface area contributed by atoms with Gasteiger partial charge in [-0.25, -0.2) is 0 Å². The van der Waals surface area contributed by atoms with Gasteiger partial charge in [-0.2, -0.15) is 10.1 Å². The Balaban J connectivity index is 1.48. The van der Waals surface area contributed by atoms with Crippen LogP contribution in [0.25, 0.3) is 0 Å². The zero-order chi connectivity index (χ0) is 14.1. The van der Waals surface area contributed by atoms with Crippen LogP contribution in [0.3, 0.4) is 0 Å². The van der Waals surface area contributed by atoms with Gasteiger partial charge in [-0.05, 0) is 42.2 Å². The van der Waals surface area contributed by atoms with E-state index in [0.717, 1.165) is 10.7 Å². The smallest absolute Gasteiger partial charge is 0.254 e. The molecule has 2 heterocycles. The van der Waals surface area contributed by atoms with Gasteiger partial charge in [0.15, 0.2) is 0 Å². The Morgan fingerprint density at radius 1 is 1.14 bits per heavy atom. The molecule has 6 atom stereocenters. The molecule has 2 saturated carbocycles. The van der Waals surface area contributed by atoms with Crippen LogP contribution in [0.2, 0.25) is 0 Å². The molecule has 1 saturated heterocycles. The van der Waals surface area contributed by atoms with E-state index in [1.807, 2.05) is 12.1 Å². The van der Waals surface area contributed by atoms with E-state index in [1.165, 1.54) is 6.42 Å². The molecule has 5 aliphatic rings. The largest absolute Gasteiger partial charge is 0.360 e. The first-order valence-electron chi connectivity index (χ1n) is 7.49. The molecule has 2 bridgehead atoms. The molecule has 6 rings (SSSR count). The number of carbonyl (C=O) groups is 2. The summed E-state index contributed by atoms with van der Waals surface area (Å²) in [4.78, 5) is 28.2. The minimum absolute atomic E-state index is 0.113. The van der Waals surface area contributed by atoms with E-state index in [2.05, 4.69) is 22.2 Å². The van der Waals surface area contributed by atoms with Crippen LogP contribution in [0.15, 0.2) is 35.6 Å². The number of allylic oxidation sites excluding steroid dienone is 2. The van der Waals surface area contributed by atoms with E-state index in [4.69, 9.17) is 0 Å². The number of hydrogen-bond donors (Lipinski definition) is 1. The van der Waals surface area contributed by atoms with Gasteiger partial charge in [0.2, 0.25) is 0 Å². The fourth-order valence-electron chi connectivity index (χ4n) is 4.60. The molecule has 1 aliphatic heterocycles. The molecule has 5 heteroatoms. The van der Waals surface area contributed by atoms with Crippen molar-refractivity contribution in [3.63, 3.8) is 0 Å². The third-order valence-electron chi connectivity index (χ3n) is 5.57. The lowest BCUT2D eigenvalue weighted by Gasteiger charge is -2.37.